The van der Waals surface area contributed by atoms with Gasteiger partial charge < -0.3 is 9.80 Å². The molecule has 0 atom stereocenters. The lowest BCUT2D eigenvalue weighted by Gasteiger charge is -2.46. The molecule has 2 aliphatic heterocycles. The maximum atomic E-state index is 7.37. The predicted octanol–water partition coefficient (Wildman–Crippen LogP) is 19.1. The minimum Gasteiger partial charge on any atom is -0.310 e. The molecule has 0 amide bonds. The lowest BCUT2D eigenvalue weighted by Crippen LogP contribution is -2.61. The molecule has 0 radical (unpaired) electrons. The van der Waals surface area contributed by atoms with Gasteiger partial charge in [-0.1, -0.05) is 238 Å². The van der Waals surface area contributed by atoms with Gasteiger partial charge in [-0.25, -0.2) is 0 Å². The largest absolute Gasteiger partial charge is 0.310 e. The third-order valence-electron chi connectivity index (χ3n) is 16.0. The van der Waals surface area contributed by atoms with Gasteiger partial charge in [-0.05, 0) is 152 Å². The molecule has 0 saturated heterocycles. The number of hydrogen-bond donors (Lipinski definition) is 0. The molecule has 0 spiro atoms. The summed E-state index contributed by atoms with van der Waals surface area (Å²) in [7, 11) is 0. The second-order valence-corrected chi connectivity index (χ2v) is 21.4. The van der Waals surface area contributed by atoms with Crippen LogP contribution in [0.2, 0.25) is 5.02 Å². The molecule has 13 rings (SSSR count). The van der Waals surface area contributed by atoms with E-state index in [4.69, 9.17) is 11.6 Å². The Morgan fingerprint density at radius 1 is 0.321 bits per heavy atom. The molecule has 78 heavy (non-hydrogen) atoms. The summed E-state index contributed by atoms with van der Waals surface area (Å²) in [6, 6.07) is 94.8. The fourth-order valence-corrected chi connectivity index (χ4v) is 12.5. The quantitative estimate of drug-likeness (QED) is 0.100. The SMILES string of the molecule is CCCCc1ccc2c(c1)B1c3ccc(Cl)cc3N(c3c(-c4ccccc4)cc(-c4ccccc4)cc3-c3ccccc3)c3cc(CCCC)cc(c31)N2c1c(-c2ccccc2)cc(-c2ccccc2)cc1-c1ccccc1. The normalized spacial score (nSPS) is 12.3. The summed E-state index contributed by atoms with van der Waals surface area (Å²) in [4.78, 5) is 5.29. The smallest absolute Gasteiger partial charge is 0.252 e. The van der Waals surface area contributed by atoms with Crippen molar-refractivity contribution in [2.45, 2.75) is 52.4 Å². The summed E-state index contributed by atoms with van der Waals surface area (Å²) in [5.41, 5.74) is 27.5. The number of aryl methyl sites for hydroxylation is 2. The minimum absolute atomic E-state index is 0.0977. The number of halogens is 1. The van der Waals surface area contributed by atoms with E-state index in [1.54, 1.807) is 0 Å². The van der Waals surface area contributed by atoms with Crippen molar-refractivity contribution in [2.24, 2.45) is 0 Å². The fourth-order valence-electron chi connectivity index (χ4n) is 12.3. The molecular formula is C74H60BClN2. The van der Waals surface area contributed by atoms with Gasteiger partial charge in [0, 0.05) is 50.0 Å². The van der Waals surface area contributed by atoms with Crippen LogP contribution in [0.1, 0.15) is 50.7 Å². The maximum absolute atomic E-state index is 7.37. The van der Waals surface area contributed by atoms with Crippen LogP contribution < -0.4 is 26.2 Å². The molecule has 4 heteroatoms. The van der Waals surface area contributed by atoms with Gasteiger partial charge in [0.05, 0.1) is 11.4 Å². The molecule has 11 aromatic carbocycles. The molecule has 0 N–H and O–H groups in total. The van der Waals surface area contributed by atoms with Gasteiger partial charge in [-0.15, -0.1) is 0 Å². The van der Waals surface area contributed by atoms with Crippen LogP contribution >= 0.6 is 11.6 Å². The monoisotopic (exact) mass is 1020 g/mol. The van der Waals surface area contributed by atoms with E-state index in [1.807, 2.05) is 0 Å². The first-order valence-electron chi connectivity index (χ1n) is 27.9. The van der Waals surface area contributed by atoms with Crippen molar-refractivity contribution >= 4 is 68.8 Å². The van der Waals surface area contributed by atoms with Crippen molar-refractivity contribution in [1.82, 2.24) is 0 Å². The highest BCUT2D eigenvalue weighted by Crippen LogP contribution is 2.54. The highest BCUT2D eigenvalue weighted by molar-refractivity contribution is 7.00. The lowest BCUT2D eigenvalue weighted by molar-refractivity contribution is 0.795. The first kappa shape index (κ1) is 49.0. The van der Waals surface area contributed by atoms with E-state index in [-0.39, 0.29) is 6.71 Å². The predicted molar refractivity (Wildman–Crippen MR) is 335 cm³/mol. The minimum atomic E-state index is -0.0977. The van der Waals surface area contributed by atoms with Crippen LogP contribution in [-0.2, 0) is 12.8 Å². The number of benzene rings is 11. The highest BCUT2D eigenvalue weighted by atomic mass is 35.5. The van der Waals surface area contributed by atoms with Crippen molar-refractivity contribution in [3.63, 3.8) is 0 Å². The zero-order chi connectivity index (χ0) is 52.5. The Kier molecular flexibility index (Phi) is 13.5. The third-order valence-corrected chi connectivity index (χ3v) is 16.2. The summed E-state index contributed by atoms with van der Waals surface area (Å²) >= 11 is 7.37. The number of fused-ring (bicyclic) bond motifs is 4. The van der Waals surface area contributed by atoms with Gasteiger partial charge in [0.15, 0.2) is 0 Å². The zero-order valence-corrected chi connectivity index (χ0v) is 45.1. The molecule has 2 aliphatic rings. The van der Waals surface area contributed by atoms with Crippen LogP contribution in [-0.4, -0.2) is 6.71 Å². The molecule has 0 bridgehead atoms. The zero-order valence-electron chi connectivity index (χ0n) is 44.3. The highest BCUT2D eigenvalue weighted by Gasteiger charge is 2.45. The van der Waals surface area contributed by atoms with Crippen LogP contribution in [0.5, 0.6) is 0 Å². The maximum Gasteiger partial charge on any atom is 0.252 e. The molecule has 0 saturated carbocycles. The Labute approximate surface area is 466 Å². The Balaban J connectivity index is 1.19. The van der Waals surface area contributed by atoms with E-state index in [1.165, 1.54) is 89.2 Å². The topological polar surface area (TPSA) is 6.48 Å². The van der Waals surface area contributed by atoms with Gasteiger partial charge in [0.25, 0.3) is 6.71 Å². The Hall–Kier alpha value is -8.63. The van der Waals surface area contributed by atoms with Crippen LogP contribution in [0.3, 0.4) is 0 Å². The Morgan fingerprint density at radius 3 is 1.12 bits per heavy atom. The van der Waals surface area contributed by atoms with E-state index in [0.717, 1.165) is 77.7 Å². The summed E-state index contributed by atoms with van der Waals surface area (Å²) in [6.07, 6.45) is 6.34. The molecule has 11 aromatic rings. The first-order chi connectivity index (χ1) is 38.5. The van der Waals surface area contributed by atoms with E-state index in [9.17, 15) is 0 Å². The van der Waals surface area contributed by atoms with Crippen molar-refractivity contribution < 1.29 is 0 Å². The van der Waals surface area contributed by atoms with Crippen molar-refractivity contribution in [1.29, 1.82) is 0 Å². The number of nitrogens with zero attached hydrogens (tertiary/aromatic N) is 2. The third kappa shape index (κ3) is 9.02. The van der Waals surface area contributed by atoms with Gasteiger partial charge >= 0.3 is 0 Å². The summed E-state index contributed by atoms with van der Waals surface area (Å²) in [5.74, 6) is 0. The van der Waals surface area contributed by atoms with Gasteiger partial charge in [-0.2, -0.15) is 0 Å². The first-order valence-corrected chi connectivity index (χ1v) is 28.3. The molecule has 2 nitrogen and oxygen atoms in total. The summed E-state index contributed by atoms with van der Waals surface area (Å²) in [6.45, 7) is 4.50. The number of unbranched alkanes of at least 4 members (excludes halogenated alkanes) is 2. The summed E-state index contributed by atoms with van der Waals surface area (Å²) in [5, 5.41) is 0.709. The lowest BCUT2D eigenvalue weighted by atomic mass is 9.33. The average molecular weight is 1020 g/mol. The van der Waals surface area contributed by atoms with Crippen molar-refractivity contribution in [3.8, 4) is 66.8 Å². The standard InChI is InChI=1S/C74H60BClN2/c1-3-5-25-51-39-42-68-67(43-51)75-66-41-40-61(76)50-69(66)78(74-64(57-35-21-11-22-36-57)48-60(54-29-15-8-16-30-54)49-65(74)58-37-23-12-24-38-58)71-45-52(26-6-4-2)44-70(72(71)75)77(68)73-62(55-31-17-9-18-32-55)46-59(53-27-13-7-14-28-53)47-63(73)56-33-19-10-20-34-56/h7-24,27-50H,3-6,25-26H2,1-2H3. The fraction of sp³-hybridized carbons (Fsp3) is 0.108. The van der Waals surface area contributed by atoms with Gasteiger partial charge in [-0.3, -0.25) is 0 Å². The molecule has 2 heterocycles. The molecule has 0 unspecified atom stereocenters. The van der Waals surface area contributed by atoms with Crippen molar-refractivity contribution in [3.05, 3.63) is 271 Å². The number of rotatable bonds is 14. The number of anilines is 6. The molecule has 0 aromatic heterocycles. The second kappa shape index (κ2) is 21.4. The van der Waals surface area contributed by atoms with Gasteiger partial charge in [0.2, 0.25) is 0 Å². The molecular weight excluding hydrogens is 963 g/mol. The van der Waals surface area contributed by atoms with Crippen LogP contribution in [0.4, 0.5) is 34.1 Å². The Morgan fingerprint density at radius 2 is 0.705 bits per heavy atom. The van der Waals surface area contributed by atoms with Crippen LogP contribution in [0.25, 0.3) is 66.8 Å². The molecule has 376 valence electrons. The van der Waals surface area contributed by atoms with E-state index in [2.05, 4.69) is 278 Å². The average Bonchev–Trinajstić information content (AvgIpc) is 3.20. The number of hydrogen-bond acceptors (Lipinski definition) is 2. The molecule has 0 aliphatic carbocycles. The Bertz CT molecular complexity index is 3820. The van der Waals surface area contributed by atoms with E-state index in [0.29, 0.717) is 5.02 Å². The van der Waals surface area contributed by atoms with Crippen LogP contribution in [0.15, 0.2) is 255 Å². The molecule has 0 fully saturated rings. The van der Waals surface area contributed by atoms with Crippen LogP contribution in [0, 0.1) is 0 Å². The summed E-state index contributed by atoms with van der Waals surface area (Å²) < 4.78 is 0. The second-order valence-electron chi connectivity index (χ2n) is 21.0. The van der Waals surface area contributed by atoms with Crippen molar-refractivity contribution in [2.75, 3.05) is 9.80 Å². The van der Waals surface area contributed by atoms with Gasteiger partial charge in [0.1, 0.15) is 0 Å². The van der Waals surface area contributed by atoms with E-state index >= 15 is 0 Å². The van der Waals surface area contributed by atoms with E-state index < -0.39 is 0 Å².